The van der Waals surface area contributed by atoms with E-state index in [0.29, 0.717) is 142 Å². The van der Waals surface area contributed by atoms with Gasteiger partial charge in [-0.2, -0.15) is 15.8 Å². The number of rotatable bonds is 26. The number of carboxylic acid groups (broad SMARTS) is 1. The highest BCUT2D eigenvalue weighted by Gasteiger charge is 2.41. The number of methoxy groups -OCH3 is 3. The Hall–Kier alpha value is -10.5. The molecule has 35 heteroatoms. The molecule has 115 heavy (non-hydrogen) atoms. The third-order valence-electron chi connectivity index (χ3n) is 20.7. The lowest BCUT2D eigenvalue weighted by Gasteiger charge is -2.30. The molecule has 3 N–H and O–H groups in total. The summed E-state index contributed by atoms with van der Waals surface area (Å²) < 4.78 is 59.7. The van der Waals surface area contributed by atoms with Crippen molar-refractivity contribution in [1.82, 2.24) is 38.4 Å². The molecule has 612 valence electrons. The van der Waals surface area contributed by atoms with E-state index in [9.17, 15) is 64.0 Å². The number of aliphatic carboxylic acids is 1. The third-order valence-corrected chi connectivity index (χ3v) is 24.4. The number of nitriles is 3. The lowest BCUT2D eigenvalue weighted by molar-refractivity contribution is -0.146. The van der Waals surface area contributed by atoms with Gasteiger partial charge in [0.2, 0.25) is 0 Å². The van der Waals surface area contributed by atoms with Crippen molar-refractivity contribution in [3.63, 3.8) is 0 Å². The molecule has 3 aliphatic rings. The highest BCUT2D eigenvalue weighted by Crippen LogP contribution is 2.39. The second-order valence-corrected chi connectivity index (χ2v) is 31.9. The predicted octanol–water partition coefficient (Wildman–Crippen LogP) is 8.70. The molecule has 2 amide bonds. The molecule has 0 bridgehead atoms. The smallest absolute Gasteiger partial charge is 0.333 e. The molecule has 3 saturated heterocycles. The van der Waals surface area contributed by atoms with Crippen LogP contribution in [0.1, 0.15) is 146 Å². The highest BCUT2D eigenvalue weighted by atomic mass is 32.1. The number of aryl methyl sites for hydroxylation is 3. The van der Waals surface area contributed by atoms with Crippen LogP contribution in [0, 0.1) is 54.8 Å². The third kappa shape index (κ3) is 17.9. The lowest BCUT2D eigenvalue weighted by atomic mass is 10.0. The number of para-hydroxylation sites is 3. The molecule has 3 aromatic carbocycles. The summed E-state index contributed by atoms with van der Waals surface area (Å²) in [5.74, 6) is -0.931. The Morgan fingerprint density at radius 2 is 0.704 bits per heavy atom. The molecule has 6 aromatic heterocycles. The first kappa shape index (κ1) is 86.9. The molecule has 3 fully saturated rings. The van der Waals surface area contributed by atoms with Crippen molar-refractivity contribution < 1.29 is 71.8 Å². The zero-order chi connectivity index (χ0) is 83.5. The molecule has 3 aliphatic heterocycles. The zero-order valence-electron chi connectivity index (χ0n) is 66.4. The van der Waals surface area contributed by atoms with Crippen LogP contribution in [-0.2, 0) is 88.7 Å². The topological polar surface area (TPSA) is 400 Å². The van der Waals surface area contributed by atoms with Crippen LogP contribution in [0.25, 0.3) is 30.6 Å². The van der Waals surface area contributed by atoms with E-state index in [0.717, 1.165) is 58.8 Å². The number of hydrogen-bond donors (Lipinski definition) is 3. The first-order chi connectivity index (χ1) is 54.9. The normalized spacial score (nSPS) is 15.3. The van der Waals surface area contributed by atoms with Crippen molar-refractivity contribution in [1.29, 1.82) is 15.8 Å². The number of aromatic nitrogens is 6. The fraction of sp³-hybridized carbons (Fsp3) is 0.475. The van der Waals surface area contributed by atoms with Gasteiger partial charge in [-0.15, -0.1) is 34.0 Å². The van der Waals surface area contributed by atoms with Gasteiger partial charge in [0.05, 0.1) is 89.7 Å². The second kappa shape index (κ2) is 37.4. The Morgan fingerprint density at radius 3 is 0.939 bits per heavy atom. The minimum absolute atomic E-state index is 0.0140. The predicted molar refractivity (Wildman–Crippen MR) is 427 cm³/mol. The Labute approximate surface area is 672 Å². The number of benzene rings is 3. The van der Waals surface area contributed by atoms with Gasteiger partial charge in [-0.05, 0) is 136 Å². The second-order valence-electron chi connectivity index (χ2n) is 28.9. The van der Waals surface area contributed by atoms with Crippen molar-refractivity contribution in [2.24, 2.45) is 0 Å². The summed E-state index contributed by atoms with van der Waals surface area (Å²) in [5, 5.41) is 39.5. The minimum atomic E-state index is -1.83. The van der Waals surface area contributed by atoms with Crippen LogP contribution in [-0.4, -0.2) is 144 Å². The van der Waals surface area contributed by atoms with Gasteiger partial charge in [0.15, 0.2) is 0 Å². The molecule has 32 nitrogen and oxygen atoms in total. The molecule has 0 spiro atoms. The fourth-order valence-electron chi connectivity index (χ4n) is 14.1. The standard InChI is InChI=1S/2C27H32N4O7S.C26H29N3O7S/c2*1-16-21(14-28)39-24-22(16)23(32)31(27(2,3)25(33)29-36-5)26(34)30(24)15-20(38-17-10-12-37-13-11-17)18-8-6-7-9-19(18)35-4;1-15-20(13-27)37-23-21(15)22(30)29(26(2,3)24(31)32)25(33)28(23)14-19(36-16-9-11-35-12-10-16)17-7-5-6-8-18(17)34-4/h2*6-9,17,20H,10-13,15H2,1-5H3,(H,29,33);5-8,16,19H,9-12,14H2,1-4H3,(H,31,32)/t2*20-;19-/m000/s1. The van der Waals surface area contributed by atoms with Crippen LogP contribution in [0.5, 0.6) is 17.2 Å². The highest BCUT2D eigenvalue weighted by molar-refractivity contribution is 7.20. The molecule has 0 aliphatic carbocycles. The van der Waals surface area contributed by atoms with Crippen LogP contribution in [0.3, 0.4) is 0 Å². The van der Waals surface area contributed by atoms with Crippen LogP contribution in [0.2, 0.25) is 0 Å². The summed E-state index contributed by atoms with van der Waals surface area (Å²) in [6, 6.07) is 28.4. The molecule has 0 radical (unpaired) electrons. The maximum absolute atomic E-state index is 14.1. The zero-order valence-corrected chi connectivity index (χ0v) is 68.8. The Morgan fingerprint density at radius 1 is 0.452 bits per heavy atom. The first-order valence-corrected chi connectivity index (χ1v) is 39.4. The van der Waals surface area contributed by atoms with E-state index >= 15 is 0 Å². The van der Waals surface area contributed by atoms with E-state index in [1.165, 1.54) is 69.5 Å². The van der Waals surface area contributed by atoms with E-state index in [1.54, 1.807) is 48.2 Å². The number of fused-ring (bicyclic) bond motifs is 3. The SMILES string of the molecule is CONC(=O)C(C)(C)n1c(=O)c2c(C)c(C#N)sc2n(C[C@H](OC2CCOCC2)c2ccccc2OC)c1=O.CONC(=O)C(C)(C)n1c(=O)c2c(C)c(C#N)sc2n(C[C@H](OC2CCOCC2)c2ccccc2OC)c1=O.COc1ccccc1[C@H](Cn1c(=O)n(C(C)(C)C(=O)O)c(=O)c2c(C)c(C#N)sc21)OC1CCOCC1. The average molecular weight is 1640 g/mol. The van der Waals surface area contributed by atoms with Crippen molar-refractivity contribution >= 4 is 82.4 Å². The van der Waals surface area contributed by atoms with E-state index in [2.05, 4.69) is 29.2 Å². The van der Waals surface area contributed by atoms with E-state index in [4.69, 9.17) is 52.3 Å². The summed E-state index contributed by atoms with van der Waals surface area (Å²) >= 11 is 3.17. The van der Waals surface area contributed by atoms with E-state index in [1.807, 2.05) is 66.7 Å². The Balaban J connectivity index is 0.000000182. The summed E-state index contributed by atoms with van der Waals surface area (Å²) in [7, 11) is 7.21. The molecule has 12 rings (SSSR count). The monoisotopic (exact) mass is 1640 g/mol. The van der Waals surface area contributed by atoms with Crippen molar-refractivity contribution in [3.05, 3.63) is 183 Å². The number of amides is 2. The lowest BCUT2D eigenvalue weighted by Crippen LogP contribution is -2.55. The van der Waals surface area contributed by atoms with Crippen LogP contribution >= 0.6 is 34.0 Å². The number of nitrogens with zero attached hydrogens (tertiary/aromatic N) is 9. The van der Waals surface area contributed by atoms with Crippen molar-refractivity contribution in [3.8, 4) is 35.5 Å². The Bertz CT molecular complexity index is 5400. The van der Waals surface area contributed by atoms with Crippen molar-refractivity contribution in [2.45, 2.75) is 174 Å². The summed E-state index contributed by atoms with van der Waals surface area (Å²) in [5.41, 5.74) is -1.35. The number of hydroxylamine groups is 2. The van der Waals surface area contributed by atoms with Gasteiger partial charge in [0, 0.05) is 56.3 Å². The van der Waals surface area contributed by atoms with Gasteiger partial charge in [-0.1, -0.05) is 54.6 Å². The summed E-state index contributed by atoms with van der Waals surface area (Å²) in [6.07, 6.45) is 1.82. The maximum Gasteiger partial charge on any atom is 0.333 e. The van der Waals surface area contributed by atoms with Gasteiger partial charge in [-0.3, -0.25) is 47.3 Å². The summed E-state index contributed by atoms with van der Waals surface area (Å²) in [6.45, 7) is 16.8. The average Bonchev–Trinajstić information content (AvgIpc) is 1.62. The van der Waals surface area contributed by atoms with Gasteiger partial charge < -0.3 is 47.7 Å². The van der Waals surface area contributed by atoms with E-state index < -0.39 is 86.5 Å². The molecular weight excluding hydrogens is 1550 g/mol. The first-order valence-electron chi connectivity index (χ1n) is 37.0. The fourth-order valence-corrected chi connectivity index (χ4v) is 17.4. The van der Waals surface area contributed by atoms with Crippen LogP contribution in [0.4, 0.5) is 0 Å². The number of carbonyl (C=O) groups is 3. The molecule has 0 saturated carbocycles. The largest absolute Gasteiger partial charge is 0.496 e. The van der Waals surface area contributed by atoms with Gasteiger partial charge in [0.25, 0.3) is 28.5 Å². The number of ether oxygens (including phenoxy) is 9. The van der Waals surface area contributed by atoms with Gasteiger partial charge >= 0.3 is 23.0 Å². The molecule has 0 unspecified atom stereocenters. The van der Waals surface area contributed by atoms with Gasteiger partial charge in [0.1, 0.15) is 99.5 Å². The number of carbonyl (C=O) groups excluding carboxylic acids is 2. The molecule has 3 atom stereocenters. The van der Waals surface area contributed by atoms with Crippen molar-refractivity contribution in [2.75, 3.05) is 75.2 Å². The number of carboxylic acids is 1. The molecule has 9 aromatic rings. The van der Waals surface area contributed by atoms with Crippen LogP contribution in [0.15, 0.2) is 102 Å². The summed E-state index contributed by atoms with van der Waals surface area (Å²) in [4.78, 5) is 132. The van der Waals surface area contributed by atoms with Gasteiger partial charge in [-0.25, -0.2) is 43.8 Å². The number of hydrogen-bond acceptors (Lipinski definition) is 26. The number of thiophene rings is 3. The van der Waals surface area contributed by atoms with E-state index in [-0.39, 0.29) is 59.0 Å². The quantitative estimate of drug-likeness (QED) is 0.0426. The Kier molecular flexibility index (Phi) is 28.3. The van der Waals surface area contributed by atoms with Crippen LogP contribution < -0.4 is 58.9 Å². The molecular formula is C80H93N11O21S3. The molecule has 9 heterocycles. The maximum atomic E-state index is 14.1. The minimum Gasteiger partial charge on any atom is -0.496 e. The number of nitrogens with one attached hydrogen (secondary N) is 2.